The van der Waals surface area contributed by atoms with Gasteiger partial charge < -0.3 is 9.84 Å². The SMILES string of the molecule is C=C(C)C(O)c1cccnc1OC. The van der Waals surface area contributed by atoms with Crippen LogP contribution in [0.1, 0.15) is 18.6 Å². The number of rotatable bonds is 3. The molecule has 0 aromatic carbocycles. The Morgan fingerprint density at radius 2 is 2.38 bits per heavy atom. The van der Waals surface area contributed by atoms with Crippen LogP contribution in [0.5, 0.6) is 5.88 Å². The minimum Gasteiger partial charge on any atom is -0.481 e. The molecule has 0 fully saturated rings. The van der Waals surface area contributed by atoms with Crippen LogP contribution < -0.4 is 4.74 Å². The van der Waals surface area contributed by atoms with Gasteiger partial charge in [-0.2, -0.15) is 0 Å². The number of hydrogen-bond donors (Lipinski definition) is 1. The van der Waals surface area contributed by atoms with E-state index in [1.54, 1.807) is 25.3 Å². The largest absolute Gasteiger partial charge is 0.481 e. The Balaban J connectivity index is 3.05. The van der Waals surface area contributed by atoms with E-state index in [1.807, 2.05) is 0 Å². The molecule has 3 nitrogen and oxygen atoms in total. The van der Waals surface area contributed by atoms with Crippen LogP contribution in [0.15, 0.2) is 30.5 Å². The quantitative estimate of drug-likeness (QED) is 0.718. The second-order valence-electron chi connectivity index (χ2n) is 2.85. The number of methoxy groups -OCH3 is 1. The number of ether oxygens (including phenoxy) is 1. The van der Waals surface area contributed by atoms with Crippen molar-refractivity contribution >= 4 is 0 Å². The predicted octanol–water partition coefficient (Wildman–Crippen LogP) is 1.70. The Morgan fingerprint density at radius 1 is 1.69 bits per heavy atom. The molecular formula is C10H13NO2. The molecule has 1 atom stereocenters. The average molecular weight is 179 g/mol. The Hall–Kier alpha value is -1.35. The van der Waals surface area contributed by atoms with Crippen molar-refractivity contribution in [2.45, 2.75) is 13.0 Å². The molecule has 1 unspecified atom stereocenters. The molecule has 1 aromatic heterocycles. The lowest BCUT2D eigenvalue weighted by Gasteiger charge is -2.12. The zero-order valence-electron chi connectivity index (χ0n) is 7.82. The van der Waals surface area contributed by atoms with Gasteiger partial charge in [0, 0.05) is 11.8 Å². The molecular weight excluding hydrogens is 166 g/mol. The van der Waals surface area contributed by atoms with E-state index in [4.69, 9.17) is 4.74 Å². The molecule has 70 valence electrons. The topological polar surface area (TPSA) is 42.4 Å². The Morgan fingerprint density at radius 3 is 2.92 bits per heavy atom. The number of aliphatic hydroxyl groups is 1. The highest BCUT2D eigenvalue weighted by Gasteiger charge is 2.13. The van der Waals surface area contributed by atoms with Crippen LogP contribution in [0.4, 0.5) is 0 Å². The van der Waals surface area contributed by atoms with Crippen molar-refractivity contribution in [1.29, 1.82) is 0 Å². The molecule has 0 amide bonds. The highest BCUT2D eigenvalue weighted by molar-refractivity contribution is 5.32. The number of pyridine rings is 1. The van der Waals surface area contributed by atoms with E-state index in [2.05, 4.69) is 11.6 Å². The maximum Gasteiger partial charge on any atom is 0.219 e. The maximum atomic E-state index is 9.69. The minimum absolute atomic E-state index is 0.443. The summed E-state index contributed by atoms with van der Waals surface area (Å²) in [5, 5.41) is 9.69. The summed E-state index contributed by atoms with van der Waals surface area (Å²) in [7, 11) is 1.52. The van der Waals surface area contributed by atoms with Gasteiger partial charge in [0.25, 0.3) is 0 Å². The molecule has 0 saturated carbocycles. The predicted molar refractivity (Wildman–Crippen MR) is 50.6 cm³/mol. The highest BCUT2D eigenvalue weighted by atomic mass is 16.5. The fourth-order valence-corrected chi connectivity index (χ4v) is 1.05. The standard InChI is InChI=1S/C10H13NO2/c1-7(2)9(12)8-5-4-6-11-10(8)13-3/h4-6,9,12H,1H2,2-3H3. The molecule has 1 heterocycles. The molecule has 13 heavy (non-hydrogen) atoms. The molecule has 1 N–H and O–H groups in total. The summed E-state index contributed by atoms with van der Waals surface area (Å²) < 4.78 is 5.00. The van der Waals surface area contributed by atoms with Gasteiger partial charge in [0.2, 0.25) is 5.88 Å². The van der Waals surface area contributed by atoms with E-state index in [-0.39, 0.29) is 0 Å². The Labute approximate surface area is 77.7 Å². The average Bonchev–Trinajstić information content (AvgIpc) is 2.16. The van der Waals surface area contributed by atoms with Crippen molar-refractivity contribution in [3.05, 3.63) is 36.0 Å². The molecule has 0 aliphatic carbocycles. The Kier molecular flexibility index (Phi) is 3.03. The van der Waals surface area contributed by atoms with Gasteiger partial charge in [0.1, 0.15) is 6.10 Å². The molecule has 3 heteroatoms. The zero-order valence-corrected chi connectivity index (χ0v) is 7.82. The van der Waals surface area contributed by atoms with E-state index < -0.39 is 6.10 Å². The first-order valence-electron chi connectivity index (χ1n) is 3.99. The molecule has 1 aromatic rings. The summed E-state index contributed by atoms with van der Waals surface area (Å²) in [6, 6.07) is 3.52. The van der Waals surface area contributed by atoms with Crippen molar-refractivity contribution in [1.82, 2.24) is 4.98 Å². The third-order valence-electron chi connectivity index (χ3n) is 1.76. The van der Waals surface area contributed by atoms with Gasteiger partial charge in [0.05, 0.1) is 7.11 Å². The van der Waals surface area contributed by atoms with Crippen molar-refractivity contribution < 1.29 is 9.84 Å². The smallest absolute Gasteiger partial charge is 0.219 e. The van der Waals surface area contributed by atoms with Gasteiger partial charge in [-0.3, -0.25) is 0 Å². The molecule has 0 saturated heterocycles. The minimum atomic E-state index is -0.705. The number of hydrogen-bond acceptors (Lipinski definition) is 3. The van der Waals surface area contributed by atoms with Crippen molar-refractivity contribution in [3.63, 3.8) is 0 Å². The van der Waals surface area contributed by atoms with Crippen LogP contribution in [-0.2, 0) is 0 Å². The third-order valence-corrected chi connectivity index (χ3v) is 1.76. The second kappa shape index (κ2) is 4.05. The normalized spacial score (nSPS) is 12.2. The fraction of sp³-hybridized carbons (Fsp3) is 0.300. The van der Waals surface area contributed by atoms with Crippen LogP contribution in [0.2, 0.25) is 0 Å². The van der Waals surface area contributed by atoms with E-state index >= 15 is 0 Å². The second-order valence-corrected chi connectivity index (χ2v) is 2.85. The zero-order chi connectivity index (χ0) is 9.84. The molecule has 0 aliphatic heterocycles. The lowest BCUT2D eigenvalue weighted by Crippen LogP contribution is -2.02. The molecule has 0 bridgehead atoms. The van der Waals surface area contributed by atoms with Crippen LogP contribution in [0.25, 0.3) is 0 Å². The molecule has 0 radical (unpaired) electrons. The summed E-state index contributed by atoms with van der Waals surface area (Å²) in [6.45, 7) is 5.43. The van der Waals surface area contributed by atoms with E-state index in [0.29, 0.717) is 17.0 Å². The molecule has 0 aliphatic rings. The summed E-state index contributed by atoms with van der Waals surface area (Å²) in [5.41, 5.74) is 1.32. The van der Waals surface area contributed by atoms with Crippen LogP contribution >= 0.6 is 0 Å². The van der Waals surface area contributed by atoms with Gasteiger partial charge >= 0.3 is 0 Å². The van der Waals surface area contributed by atoms with Crippen molar-refractivity contribution in [3.8, 4) is 5.88 Å². The van der Waals surface area contributed by atoms with Gasteiger partial charge in [-0.15, -0.1) is 0 Å². The summed E-state index contributed by atoms with van der Waals surface area (Å²) in [6.07, 6.45) is 0.914. The van der Waals surface area contributed by atoms with E-state index in [9.17, 15) is 5.11 Å². The molecule has 0 spiro atoms. The van der Waals surface area contributed by atoms with Crippen LogP contribution in [0.3, 0.4) is 0 Å². The van der Waals surface area contributed by atoms with Crippen LogP contribution in [-0.4, -0.2) is 17.2 Å². The monoisotopic (exact) mass is 179 g/mol. The first-order chi connectivity index (χ1) is 6.16. The lowest BCUT2D eigenvalue weighted by atomic mass is 10.1. The van der Waals surface area contributed by atoms with Crippen molar-refractivity contribution in [2.24, 2.45) is 0 Å². The summed E-state index contributed by atoms with van der Waals surface area (Å²) >= 11 is 0. The van der Waals surface area contributed by atoms with E-state index in [1.165, 1.54) is 7.11 Å². The maximum absolute atomic E-state index is 9.69. The highest BCUT2D eigenvalue weighted by Crippen LogP contribution is 2.26. The number of aliphatic hydroxyl groups excluding tert-OH is 1. The fourth-order valence-electron chi connectivity index (χ4n) is 1.05. The van der Waals surface area contributed by atoms with Crippen molar-refractivity contribution in [2.75, 3.05) is 7.11 Å². The van der Waals surface area contributed by atoms with Gasteiger partial charge in [-0.05, 0) is 24.6 Å². The Bertz CT molecular complexity index is 310. The van der Waals surface area contributed by atoms with Gasteiger partial charge in [-0.1, -0.05) is 6.58 Å². The van der Waals surface area contributed by atoms with Gasteiger partial charge in [-0.25, -0.2) is 4.98 Å². The first-order valence-corrected chi connectivity index (χ1v) is 3.99. The van der Waals surface area contributed by atoms with Crippen LogP contribution in [0, 0.1) is 0 Å². The lowest BCUT2D eigenvalue weighted by molar-refractivity contribution is 0.209. The number of nitrogens with zero attached hydrogens (tertiary/aromatic N) is 1. The first kappa shape index (κ1) is 9.74. The molecule has 1 rings (SSSR count). The van der Waals surface area contributed by atoms with Gasteiger partial charge in [0.15, 0.2) is 0 Å². The third kappa shape index (κ3) is 2.06. The number of aromatic nitrogens is 1. The summed E-state index contributed by atoms with van der Waals surface area (Å²) in [4.78, 5) is 3.98. The van der Waals surface area contributed by atoms with E-state index in [0.717, 1.165) is 0 Å². The summed E-state index contributed by atoms with van der Waals surface area (Å²) in [5.74, 6) is 0.443.